The van der Waals surface area contributed by atoms with Crippen molar-refractivity contribution < 1.29 is 27.0 Å². The van der Waals surface area contributed by atoms with Crippen LogP contribution in [0, 0.1) is 23.3 Å². The molecular weight excluding hydrogens is 396 g/mol. The van der Waals surface area contributed by atoms with Crippen molar-refractivity contribution in [2.24, 2.45) is 0 Å². The van der Waals surface area contributed by atoms with Gasteiger partial charge >= 0.3 is 0 Å². The summed E-state index contributed by atoms with van der Waals surface area (Å²) in [6.45, 7) is 2.15. The van der Waals surface area contributed by atoms with Crippen LogP contribution in [0.1, 0.15) is 66.9 Å². The highest BCUT2D eigenvalue weighted by Gasteiger charge is 2.32. The number of hydrogen-bond acceptors (Lipinski definition) is 2. The van der Waals surface area contributed by atoms with E-state index in [2.05, 4.69) is 0 Å². The average Bonchev–Trinajstić information content (AvgIpc) is 3.59. The summed E-state index contributed by atoms with van der Waals surface area (Å²) in [7, 11) is 0. The van der Waals surface area contributed by atoms with E-state index in [-0.39, 0.29) is 41.4 Å². The summed E-state index contributed by atoms with van der Waals surface area (Å²) in [6.07, 6.45) is 5.32. The van der Waals surface area contributed by atoms with Gasteiger partial charge in [0.2, 0.25) is 0 Å². The molecule has 1 aliphatic heterocycles. The first-order valence-electron chi connectivity index (χ1n) is 10.3. The largest absolute Gasteiger partial charge is 0.373 e. The molecule has 0 bridgehead atoms. The lowest BCUT2D eigenvalue weighted by atomic mass is 9.82. The normalized spacial score (nSPS) is 23.8. The highest BCUT2D eigenvalue weighted by atomic mass is 19.2. The van der Waals surface area contributed by atoms with Gasteiger partial charge in [-0.2, -0.15) is 0 Å². The van der Waals surface area contributed by atoms with Crippen molar-refractivity contribution in [3.05, 3.63) is 75.9 Å². The van der Waals surface area contributed by atoms with Crippen molar-refractivity contribution >= 4 is 6.08 Å². The number of rotatable bonds is 6. The fraction of sp³-hybridized carbons (Fsp3) is 0.417. The van der Waals surface area contributed by atoms with Crippen LogP contribution in [0.2, 0.25) is 0 Å². The smallest absolute Gasteiger partial charge is 0.166 e. The van der Waals surface area contributed by atoms with Crippen molar-refractivity contribution in [1.82, 2.24) is 0 Å². The van der Waals surface area contributed by atoms with Crippen molar-refractivity contribution in [3.63, 3.8) is 0 Å². The minimum Gasteiger partial charge on any atom is -0.373 e. The number of allylic oxidation sites excluding steroid dienone is 1. The molecule has 1 atom stereocenters. The second-order valence-electron chi connectivity index (χ2n) is 7.92. The Balaban J connectivity index is 1.34. The van der Waals surface area contributed by atoms with E-state index in [1.807, 2.05) is 0 Å². The first kappa shape index (κ1) is 21.1. The average molecular weight is 420 g/mol. The minimum atomic E-state index is -0.892. The Bertz CT molecular complexity index is 945. The van der Waals surface area contributed by atoms with Gasteiger partial charge in [-0.25, -0.2) is 17.6 Å². The van der Waals surface area contributed by atoms with Crippen LogP contribution in [0.4, 0.5) is 17.6 Å². The molecule has 2 aromatic rings. The van der Waals surface area contributed by atoms with Crippen LogP contribution in [0.5, 0.6) is 0 Å². The fourth-order valence-electron chi connectivity index (χ4n) is 4.14. The fourth-order valence-corrected chi connectivity index (χ4v) is 4.14. The van der Waals surface area contributed by atoms with E-state index in [4.69, 9.17) is 9.47 Å². The van der Waals surface area contributed by atoms with Gasteiger partial charge in [-0.3, -0.25) is 0 Å². The van der Waals surface area contributed by atoms with Crippen molar-refractivity contribution in [2.75, 3.05) is 6.61 Å². The summed E-state index contributed by atoms with van der Waals surface area (Å²) in [5.41, 5.74) is 1.05. The molecule has 1 saturated heterocycles. The molecule has 1 unspecified atom stereocenters. The molecule has 4 rings (SSSR count). The van der Waals surface area contributed by atoms with Crippen LogP contribution < -0.4 is 0 Å². The highest BCUT2D eigenvalue weighted by Crippen LogP contribution is 2.39. The van der Waals surface area contributed by atoms with Gasteiger partial charge in [0.1, 0.15) is 6.10 Å². The molecule has 0 radical (unpaired) electrons. The van der Waals surface area contributed by atoms with Gasteiger partial charge in [0.05, 0.1) is 19.3 Å². The number of hydrogen-bond donors (Lipinski definition) is 0. The van der Waals surface area contributed by atoms with Crippen LogP contribution in [-0.2, 0) is 16.1 Å². The van der Waals surface area contributed by atoms with Gasteiger partial charge < -0.3 is 9.47 Å². The molecule has 30 heavy (non-hydrogen) atoms. The molecule has 2 nitrogen and oxygen atoms in total. The lowest BCUT2D eigenvalue weighted by Gasteiger charge is -2.29. The minimum absolute atomic E-state index is 0.0206. The van der Waals surface area contributed by atoms with E-state index in [0.717, 1.165) is 0 Å². The number of halogens is 4. The van der Waals surface area contributed by atoms with Gasteiger partial charge in [-0.15, -0.1) is 0 Å². The highest BCUT2D eigenvalue weighted by molar-refractivity contribution is 5.50. The van der Waals surface area contributed by atoms with Crippen molar-refractivity contribution in [3.8, 4) is 0 Å². The van der Waals surface area contributed by atoms with Gasteiger partial charge in [-0.05, 0) is 44.1 Å². The predicted molar refractivity (Wildman–Crippen MR) is 106 cm³/mol. The van der Waals surface area contributed by atoms with E-state index in [1.54, 1.807) is 25.1 Å². The first-order valence-corrected chi connectivity index (χ1v) is 10.3. The van der Waals surface area contributed by atoms with Crippen LogP contribution in [0.15, 0.2) is 30.3 Å². The monoisotopic (exact) mass is 420 g/mol. The van der Waals surface area contributed by atoms with E-state index in [1.165, 1.54) is 18.2 Å². The molecule has 1 aliphatic carbocycles. The lowest BCUT2D eigenvalue weighted by molar-refractivity contribution is 0.0116. The summed E-state index contributed by atoms with van der Waals surface area (Å²) in [4.78, 5) is 0. The van der Waals surface area contributed by atoms with Crippen LogP contribution in [0.25, 0.3) is 6.08 Å². The van der Waals surface area contributed by atoms with E-state index in [9.17, 15) is 17.6 Å². The zero-order valence-electron chi connectivity index (χ0n) is 16.8. The summed E-state index contributed by atoms with van der Waals surface area (Å²) < 4.78 is 67.9. The molecule has 1 saturated carbocycles. The molecule has 2 aromatic carbocycles. The maximum absolute atomic E-state index is 14.5. The summed E-state index contributed by atoms with van der Waals surface area (Å²) in [5, 5.41) is 0. The van der Waals surface area contributed by atoms with E-state index in [0.29, 0.717) is 37.9 Å². The summed E-state index contributed by atoms with van der Waals surface area (Å²) >= 11 is 0. The summed E-state index contributed by atoms with van der Waals surface area (Å²) in [6, 6.07) is 6.33. The van der Waals surface area contributed by atoms with Crippen LogP contribution in [0.3, 0.4) is 0 Å². The third-order valence-corrected chi connectivity index (χ3v) is 5.95. The second kappa shape index (κ2) is 8.90. The molecule has 2 aliphatic rings. The zero-order chi connectivity index (χ0) is 21.3. The Kier molecular flexibility index (Phi) is 6.25. The molecule has 1 heterocycles. The molecule has 0 spiro atoms. The standard InChI is InChI=1S/C24H24F4O2/c1-2-3-15-4-5-16(22(26)21(15)25)12-29-17-8-6-14(7-9-17)18-10-11-19(20-13-30-20)24(28)23(18)27/h2-5,10-11,14,17,20H,6-9,12-13H2,1H3/b3-2+. The summed E-state index contributed by atoms with van der Waals surface area (Å²) in [5.74, 6) is -3.45. The third kappa shape index (κ3) is 4.30. The Morgan fingerprint density at radius 2 is 1.57 bits per heavy atom. The van der Waals surface area contributed by atoms with Gasteiger partial charge in [0.15, 0.2) is 23.3 Å². The zero-order valence-corrected chi connectivity index (χ0v) is 16.8. The SMILES string of the molecule is C/C=C/c1ccc(COC2CCC(c3ccc(C4CO4)c(F)c3F)CC2)c(F)c1F. The molecule has 0 amide bonds. The number of epoxide rings is 1. The Morgan fingerprint density at radius 1 is 0.900 bits per heavy atom. The van der Waals surface area contributed by atoms with Crippen LogP contribution >= 0.6 is 0 Å². The first-order chi connectivity index (χ1) is 14.5. The van der Waals surface area contributed by atoms with Gasteiger partial charge in [0, 0.05) is 16.7 Å². The Morgan fingerprint density at radius 3 is 2.23 bits per heavy atom. The van der Waals surface area contributed by atoms with Gasteiger partial charge in [0.25, 0.3) is 0 Å². The maximum Gasteiger partial charge on any atom is 0.166 e. The Labute approximate surface area is 173 Å². The quantitative estimate of drug-likeness (QED) is 0.388. The van der Waals surface area contributed by atoms with Gasteiger partial charge in [-0.1, -0.05) is 36.4 Å². The molecular formula is C24H24F4O2. The molecule has 2 fully saturated rings. The molecule has 0 N–H and O–H groups in total. The lowest BCUT2D eigenvalue weighted by Crippen LogP contribution is -2.22. The number of benzene rings is 2. The molecule has 0 aromatic heterocycles. The molecule has 160 valence electrons. The Hall–Kier alpha value is -2.18. The second-order valence-corrected chi connectivity index (χ2v) is 7.92. The van der Waals surface area contributed by atoms with E-state index < -0.39 is 23.3 Å². The van der Waals surface area contributed by atoms with Crippen molar-refractivity contribution in [2.45, 2.75) is 57.3 Å². The van der Waals surface area contributed by atoms with Crippen LogP contribution in [-0.4, -0.2) is 12.7 Å². The van der Waals surface area contributed by atoms with E-state index >= 15 is 0 Å². The topological polar surface area (TPSA) is 21.8 Å². The number of ether oxygens (including phenoxy) is 2. The molecule has 6 heteroatoms. The third-order valence-electron chi connectivity index (χ3n) is 5.95. The maximum atomic E-state index is 14.5. The predicted octanol–water partition coefficient (Wildman–Crippen LogP) is 6.59. The van der Waals surface area contributed by atoms with Crippen molar-refractivity contribution in [1.29, 1.82) is 0 Å².